The van der Waals surface area contributed by atoms with E-state index in [4.69, 9.17) is 11.6 Å². The third kappa shape index (κ3) is 3.84. The minimum Gasteiger partial charge on any atom is -0.207 e. The van der Waals surface area contributed by atoms with E-state index in [1.54, 1.807) is 30.3 Å². The number of rotatable bonds is 3. The van der Waals surface area contributed by atoms with Gasteiger partial charge >= 0.3 is 0 Å². The fourth-order valence-corrected chi connectivity index (χ4v) is 2.64. The minimum atomic E-state index is -3.51. The Morgan fingerprint density at radius 3 is 2.35 bits per heavy atom. The molecule has 0 saturated heterocycles. The maximum Gasteiger partial charge on any atom is 0.241 e. The van der Waals surface area contributed by atoms with E-state index in [0.29, 0.717) is 10.6 Å². The van der Waals surface area contributed by atoms with Crippen molar-refractivity contribution < 1.29 is 8.42 Å². The number of sulfonamides is 1. The molecule has 0 saturated carbocycles. The minimum absolute atomic E-state index is 0.0302. The van der Waals surface area contributed by atoms with E-state index in [2.05, 4.69) is 16.6 Å². The van der Waals surface area contributed by atoms with Crippen LogP contribution >= 0.6 is 11.6 Å². The van der Waals surface area contributed by atoms with Gasteiger partial charge in [-0.05, 0) is 24.3 Å². The average molecular weight is 306 g/mol. The van der Waals surface area contributed by atoms with Crippen molar-refractivity contribution in [3.8, 4) is 11.8 Å². The van der Waals surface area contributed by atoms with Crippen molar-refractivity contribution in [3.05, 3.63) is 65.2 Å². The Bertz CT molecular complexity index is 746. The Kier molecular flexibility index (Phi) is 4.80. The molecule has 0 spiro atoms. The summed E-state index contributed by atoms with van der Waals surface area (Å²) >= 11 is 5.95. The summed E-state index contributed by atoms with van der Waals surface area (Å²) < 4.78 is 26.2. The smallest absolute Gasteiger partial charge is 0.207 e. The zero-order valence-electron chi connectivity index (χ0n) is 10.5. The van der Waals surface area contributed by atoms with Gasteiger partial charge in [-0.3, -0.25) is 0 Å². The largest absolute Gasteiger partial charge is 0.241 e. The van der Waals surface area contributed by atoms with E-state index in [-0.39, 0.29) is 11.4 Å². The summed E-state index contributed by atoms with van der Waals surface area (Å²) in [5.41, 5.74) is 0.674. The number of hydrogen-bond acceptors (Lipinski definition) is 2. The van der Waals surface area contributed by atoms with E-state index in [1.807, 2.05) is 12.1 Å². The quantitative estimate of drug-likeness (QED) is 0.886. The van der Waals surface area contributed by atoms with E-state index >= 15 is 0 Å². The van der Waals surface area contributed by atoms with Crippen molar-refractivity contribution in [2.75, 3.05) is 6.54 Å². The second-order valence-electron chi connectivity index (χ2n) is 3.92. The van der Waals surface area contributed by atoms with Crippen LogP contribution < -0.4 is 4.72 Å². The van der Waals surface area contributed by atoms with Crippen molar-refractivity contribution in [1.82, 2.24) is 4.72 Å². The molecule has 5 heteroatoms. The second kappa shape index (κ2) is 6.58. The van der Waals surface area contributed by atoms with Gasteiger partial charge < -0.3 is 0 Å². The highest BCUT2D eigenvalue weighted by atomic mass is 35.5. The molecule has 0 unspecified atom stereocenters. The molecule has 102 valence electrons. The van der Waals surface area contributed by atoms with Crippen molar-refractivity contribution in [2.45, 2.75) is 4.90 Å². The summed E-state index contributed by atoms with van der Waals surface area (Å²) in [4.78, 5) is 0.222. The van der Waals surface area contributed by atoms with Gasteiger partial charge in [0.1, 0.15) is 0 Å². The summed E-state index contributed by atoms with van der Waals surface area (Å²) in [5.74, 6) is 5.57. The van der Waals surface area contributed by atoms with Crippen LogP contribution in [-0.4, -0.2) is 15.0 Å². The first-order valence-corrected chi connectivity index (χ1v) is 7.74. The lowest BCUT2D eigenvalue weighted by Crippen LogP contribution is -2.23. The lowest BCUT2D eigenvalue weighted by molar-refractivity contribution is 0.586. The van der Waals surface area contributed by atoms with Crippen LogP contribution in [0, 0.1) is 11.8 Å². The topological polar surface area (TPSA) is 46.2 Å². The van der Waals surface area contributed by atoms with E-state index < -0.39 is 10.0 Å². The highest BCUT2D eigenvalue weighted by Crippen LogP contribution is 2.12. The van der Waals surface area contributed by atoms with Crippen LogP contribution in [-0.2, 0) is 10.0 Å². The van der Waals surface area contributed by atoms with Gasteiger partial charge in [-0.25, -0.2) is 8.42 Å². The Morgan fingerprint density at radius 1 is 1.00 bits per heavy atom. The van der Waals surface area contributed by atoms with Gasteiger partial charge in [0.2, 0.25) is 10.0 Å². The SMILES string of the molecule is O=S(=O)(NCC#Cc1ccccc1Cl)c1ccccc1. The predicted molar refractivity (Wildman–Crippen MR) is 80.0 cm³/mol. The maximum atomic E-state index is 11.9. The molecule has 2 aromatic rings. The molecule has 0 radical (unpaired) electrons. The zero-order valence-corrected chi connectivity index (χ0v) is 12.1. The van der Waals surface area contributed by atoms with Crippen LogP contribution in [0.25, 0.3) is 0 Å². The molecule has 0 fully saturated rings. The summed E-state index contributed by atoms with van der Waals surface area (Å²) in [6.07, 6.45) is 0. The Labute approximate surface area is 123 Å². The molecule has 0 aliphatic rings. The van der Waals surface area contributed by atoms with Crippen LogP contribution in [0.1, 0.15) is 5.56 Å². The lowest BCUT2D eigenvalue weighted by atomic mass is 10.2. The molecule has 0 aliphatic carbocycles. The van der Waals surface area contributed by atoms with Crippen LogP contribution in [0.15, 0.2) is 59.5 Å². The molecule has 0 atom stereocenters. The maximum absolute atomic E-state index is 11.9. The standard InChI is InChI=1S/C15H12ClNO2S/c16-15-11-5-4-7-13(15)8-6-12-17-20(18,19)14-9-2-1-3-10-14/h1-5,7,9-11,17H,12H2. The fraction of sp³-hybridized carbons (Fsp3) is 0.0667. The van der Waals surface area contributed by atoms with Crippen molar-refractivity contribution in [3.63, 3.8) is 0 Å². The molecule has 0 aliphatic heterocycles. The summed E-state index contributed by atoms with van der Waals surface area (Å²) in [6, 6.07) is 15.3. The van der Waals surface area contributed by atoms with E-state index in [0.717, 1.165) is 0 Å². The number of nitrogens with one attached hydrogen (secondary N) is 1. The Morgan fingerprint density at radius 2 is 1.65 bits per heavy atom. The van der Waals surface area contributed by atoms with Crippen molar-refractivity contribution in [1.29, 1.82) is 0 Å². The molecule has 20 heavy (non-hydrogen) atoms. The van der Waals surface area contributed by atoms with Crippen LogP contribution in [0.2, 0.25) is 5.02 Å². The second-order valence-corrected chi connectivity index (χ2v) is 6.09. The van der Waals surface area contributed by atoms with Gasteiger partial charge in [0.15, 0.2) is 0 Å². The van der Waals surface area contributed by atoms with Gasteiger partial charge in [0.05, 0.1) is 16.5 Å². The third-order valence-corrected chi connectivity index (χ3v) is 4.25. The van der Waals surface area contributed by atoms with Crippen LogP contribution in [0.4, 0.5) is 0 Å². The number of benzene rings is 2. The fourth-order valence-electron chi connectivity index (χ4n) is 1.52. The molecule has 3 nitrogen and oxygen atoms in total. The van der Waals surface area contributed by atoms with Gasteiger partial charge in [-0.1, -0.05) is 53.8 Å². The molecule has 0 aromatic heterocycles. The normalized spacial score (nSPS) is 10.7. The highest BCUT2D eigenvalue weighted by molar-refractivity contribution is 7.89. The monoisotopic (exact) mass is 305 g/mol. The van der Waals surface area contributed by atoms with Gasteiger partial charge in [0, 0.05) is 5.56 Å². The number of hydrogen-bond donors (Lipinski definition) is 1. The summed E-state index contributed by atoms with van der Waals surface area (Å²) in [5, 5.41) is 0.547. The van der Waals surface area contributed by atoms with Gasteiger partial charge in [-0.15, -0.1) is 0 Å². The first-order valence-electron chi connectivity index (χ1n) is 5.88. The van der Waals surface area contributed by atoms with Gasteiger partial charge in [-0.2, -0.15) is 4.72 Å². The molecule has 2 aromatic carbocycles. The van der Waals surface area contributed by atoms with Crippen LogP contribution in [0.3, 0.4) is 0 Å². The van der Waals surface area contributed by atoms with Crippen molar-refractivity contribution >= 4 is 21.6 Å². The van der Waals surface area contributed by atoms with E-state index in [9.17, 15) is 8.42 Å². The summed E-state index contributed by atoms with van der Waals surface area (Å²) in [7, 11) is -3.51. The van der Waals surface area contributed by atoms with Crippen molar-refractivity contribution in [2.24, 2.45) is 0 Å². The molecule has 0 amide bonds. The Balaban J connectivity index is 2.03. The highest BCUT2D eigenvalue weighted by Gasteiger charge is 2.10. The molecular formula is C15H12ClNO2S. The average Bonchev–Trinajstić information content (AvgIpc) is 2.46. The third-order valence-electron chi connectivity index (χ3n) is 2.50. The zero-order chi connectivity index (χ0) is 14.4. The molecule has 1 N–H and O–H groups in total. The Hall–Kier alpha value is -1.80. The molecular weight excluding hydrogens is 294 g/mol. The lowest BCUT2D eigenvalue weighted by Gasteiger charge is -2.02. The molecule has 0 heterocycles. The van der Waals surface area contributed by atoms with E-state index in [1.165, 1.54) is 12.1 Å². The molecule has 2 rings (SSSR count). The first kappa shape index (κ1) is 14.6. The number of halogens is 1. The van der Waals surface area contributed by atoms with Gasteiger partial charge in [0.25, 0.3) is 0 Å². The summed E-state index contributed by atoms with van der Waals surface area (Å²) in [6.45, 7) is 0.0302. The first-order chi connectivity index (χ1) is 9.59. The van der Waals surface area contributed by atoms with Crippen LogP contribution in [0.5, 0.6) is 0 Å². The predicted octanol–water partition coefficient (Wildman–Crippen LogP) is 2.67. The molecule has 0 bridgehead atoms.